The number of amides is 1. The van der Waals surface area contributed by atoms with E-state index in [1.807, 2.05) is 0 Å². The van der Waals surface area contributed by atoms with Crippen LogP contribution in [0.15, 0.2) is 23.1 Å². The standard InChI is InChI=1S/C16H24ClN3O3S/c1-4-19-7-9-20(10-8-19)16(21)14-11-13(5-6-15(14)17)24(22,23)18-12(2)3/h5-6,11-12,18H,4,7-10H2,1-3H3. The second-order valence-electron chi connectivity index (χ2n) is 6.14. The minimum absolute atomic E-state index is 0.0520. The molecule has 1 aliphatic heterocycles. The first-order chi connectivity index (χ1) is 11.2. The average molecular weight is 374 g/mol. The van der Waals surface area contributed by atoms with E-state index in [1.54, 1.807) is 18.7 Å². The molecule has 0 radical (unpaired) electrons. The molecule has 0 bridgehead atoms. The number of benzene rings is 1. The van der Waals surface area contributed by atoms with Gasteiger partial charge in [0.2, 0.25) is 10.0 Å². The third-order valence-corrected chi connectivity index (χ3v) is 5.96. The summed E-state index contributed by atoms with van der Waals surface area (Å²) in [6.45, 7) is 9.38. The molecule has 2 rings (SSSR count). The van der Waals surface area contributed by atoms with Crippen molar-refractivity contribution in [2.45, 2.75) is 31.7 Å². The predicted molar refractivity (Wildman–Crippen MR) is 94.9 cm³/mol. The molecule has 0 aliphatic carbocycles. The van der Waals surface area contributed by atoms with Crippen molar-refractivity contribution < 1.29 is 13.2 Å². The number of carbonyl (C=O) groups excluding carboxylic acids is 1. The lowest BCUT2D eigenvalue weighted by Gasteiger charge is -2.34. The van der Waals surface area contributed by atoms with E-state index in [4.69, 9.17) is 11.6 Å². The van der Waals surface area contributed by atoms with Crippen LogP contribution in [0.4, 0.5) is 0 Å². The molecule has 24 heavy (non-hydrogen) atoms. The Balaban J connectivity index is 2.24. The third-order valence-electron chi connectivity index (χ3n) is 3.98. The zero-order valence-electron chi connectivity index (χ0n) is 14.3. The average Bonchev–Trinajstić information content (AvgIpc) is 2.53. The number of nitrogens with one attached hydrogen (secondary N) is 1. The predicted octanol–water partition coefficient (Wildman–Crippen LogP) is 1.80. The highest BCUT2D eigenvalue weighted by atomic mass is 35.5. The Morgan fingerprint density at radius 2 is 1.88 bits per heavy atom. The van der Waals surface area contributed by atoms with Crippen LogP contribution in [0.1, 0.15) is 31.1 Å². The van der Waals surface area contributed by atoms with Crippen LogP contribution in [-0.4, -0.2) is 62.9 Å². The van der Waals surface area contributed by atoms with Gasteiger partial charge < -0.3 is 9.80 Å². The van der Waals surface area contributed by atoms with Crippen molar-refractivity contribution in [2.24, 2.45) is 0 Å². The van der Waals surface area contributed by atoms with E-state index in [-0.39, 0.29) is 27.4 Å². The quantitative estimate of drug-likeness (QED) is 0.854. The molecule has 1 aromatic rings. The molecule has 1 N–H and O–H groups in total. The van der Waals surface area contributed by atoms with Crippen LogP contribution in [0.25, 0.3) is 0 Å². The van der Waals surface area contributed by atoms with Gasteiger partial charge in [-0.2, -0.15) is 0 Å². The fourth-order valence-electron chi connectivity index (χ4n) is 2.65. The van der Waals surface area contributed by atoms with Gasteiger partial charge in [0.25, 0.3) is 5.91 Å². The highest BCUT2D eigenvalue weighted by Crippen LogP contribution is 2.23. The Morgan fingerprint density at radius 1 is 1.25 bits per heavy atom. The van der Waals surface area contributed by atoms with Gasteiger partial charge in [-0.3, -0.25) is 4.79 Å². The minimum Gasteiger partial charge on any atom is -0.336 e. The van der Waals surface area contributed by atoms with Gasteiger partial charge in [0, 0.05) is 32.2 Å². The van der Waals surface area contributed by atoms with E-state index in [1.165, 1.54) is 18.2 Å². The van der Waals surface area contributed by atoms with E-state index in [2.05, 4.69) is 16.5 Å². The van der Waals surface area contributed by atoms with E-state index in [0.717, 1.165) is 19.6 Å². The number of rotatable bonds is 5. The van der Waals surface area contributed by atoms with Crippen molar-refractivity contribution in [2.75, 3.05) is 32.7 Å². The van der Waals surface area contributed by atoms with Crippen LogP contribution in [-0.2, 0) is 10.0 Å². The first kappa shape index (κ1) is 19.2. The molecule has 0 atom stereocenters. The number of hydrogen-bond acceptors (Lipinski definition) is 4. The summed E-state index contributed by atoms with van der Waals surface area (Å²) in [5.41, 5.74) is 0.230. The number of sulfonamides is 1. The van der Waals surface area contributed by atoms with Gasteiger partial charge in [-0.25, -0.2) is 13.1 Å². The Morgan fingerprint density at radius 3 is 2.42 bits per heavy atom. The Labute approximate surface area is 148 Å². The van der Waals surface area contributed by atoms with Gasteiger partial charge in [-0.1, -0.05) is 18.5 Å². The minimum atomic E-state index is -3.66. The van der Waals surface area contributed by atoms with Crippen LogP contribution in [0, 0.1) is 0 Å². The first-order valence-electron chi connectivity index (χ1n) is 8.08. The van der Waals surface area contributed by atoms with Gasteiger partial charge in [0.1, 0.15) is 0 Å². The van der Waals surface area contributed by atoms with Gasteiger partial charge in [-0.05, 0) is 38.6 Å². The Bertz CT molecular complexity index is 699. The van der Waals surface area contributed by atoms with E-state index < -0.39 is 10.0 Å². The molecular weight excluding hydrogens is 350 g/mol. The monoisotopic (exact) mass is 373 g/mol. The molecule has 1 saturated heterocycles. The van der Waals surface area contributed by atoms with Crippen molar-refractivity contribution in [3.05, 3.63) is 28.8 Å². The zero-order valence-corrected chi connectivity index (χ0v) is 15.8. The normalized spacial score (nSPS) is 16.6. The number of nitrogens with zero attached hydrogens (tertiary/aromatic N) is 2. The summed E-state index contributed by atoms with van der Waals surface area (Å²) in [6.07, 6.45) is 0. The molecular formula is C16H24ClN3O3S. The second kappa shape index (κ2) is 7.82. The SMILES string of the molecule is CCN1CCN(C(=O)c2cc(S(=O)(=O)NC(C)C)ccc2Cl)CC1. The lowest BCUT2D eigenvalue weighted by Crippen LogP contribution is -2.48. The van der Waals surface area contributed by atoms with E-state index >= 15 is 0 Å². The number of carbonyl (C=O) groups is 1. The second-order valence-corrected chi connectivity index (χ2v) is 8.27. The van der Waals surface area contributed by atoms with Crippen LogP contribution < -0.4 is 4.72 Å². The largest absolute Gasteiger partial charge is 0.336 e. The van der Waals surface area contributed by atoms with Crippen molar-refractivity contribution in [3.8, 4) is 0 Å². The topological polar surface area (TPSA) is 69.7 Å². The highest BCUT2D eigenvalue weighted by Gasteiger charge is 2.25. The zero-order chi connectivity index (χ0) is 17.9. The molecule has 0 aromatic heterocycles. The first-order valence-corrected chi connectivity index (χ1v) is 9.94. The van der Waals surface area contributed by atoms with Gasteiger partial charge in [-0.15, -0.1) is 0 Å². The molecule has 6 nitrogen and oxygen atoms in total. The maximum absolute atomic E-state index is 12.7. The fraction of sp³-hybridized carbons (Fsp3) is 0.562. The number of likely N-dealkylation sites (N-methyl/N-ethyl adjacent to an activating group) is 1. The maximum atomic E-state index is 12.7. The smallest absolute Gasteiger partial charge is 0.255 e. The molecule has 8 heteroatoms. The number of halogens is 1. The summed E-state index contributed by atoms with van der Waals surface area (Å²) >= 11 is 6.15. The molecule has 0 unspecified atom stereocenters. The maximum Gasteiger partial charge on any atom is 0.255 e. The highest BCUT2D eigenvalue weighted by molar-refractivity contribution is 7.89. The van der Waals surface area contributed by atoms with E-state index in [0.29, 0.717) is 13.1 Å². The van der Waals surface area contributed by atoms with Crippen LogP contribution >= 0.6 is 11.6 Å². The summed E-state index contributed by atoms with van der Waals surface area (Å²) < 4.78 is 27.1. The summed E-state index contributed by atoms with van der Waals surface area (Å²) in [7, 11) is -3.66. The molecule has 0 spiro atoms. The van der Waals surface area contributed by atoms with Crippen molar-refractivity contribution >= 4 is 27.5 Å². The van der Waals surface area contributed by atoms with Gasteiger partial charge in [0.15, 0.2) is 0 Å². The Hall–Kier alpha value is -1.15. The fourth-order valence-corrected chi connectivity index (χ4v) is 4.13. The molecule has 134 valence electrons. The van der Waals surface area contributed by atoms with Gasteiger partial charge in [0.05, 0.1) is 15.5 Å². The third kappa shape index (κ3) is 4.47. The van der Waals surface area contributed by atoms with Crippen molar-refractivity contribution in [1.29, 1.82) is 0 Å². The lowest BCUT2D eigenvalue weighted by atomic mass is 10.2. The Kier molecular flexibility index (Phi) is 6.25. The summed E-state index contributed by atoms with van der Waals surface area (Å²) in [6, 6.07) is 4.01. The molecule has 1 amide bonds. The number of hydrogen-bond donors (Lipinski definition) is 1. The summed E-state index contributed by atoms with van der Waals surface area (Å²) in [5, 5.41) is 0.265. The van der Waals surface area contributed by atoms with Crippen LogP contribution in [0.5, 0.6) is 0 Å². The lowest BCUT2D eigenvalue weighted by molar-refractivity contribution is 0.0643. The van der Waals surface area contributed by atoms with E-state index in [9.17, 15) is 13.2 Å². The van der Waals surface area contributed by atoms with Crippen LogP contribution in [0.3, 0.4) is 0 Å². The molecule has 0 saturated carbocycles. The van der Waals surface area contributed by atoms with Crippen molar-refractivity contribution in [1.82, 2.24) is 14.5 Å². The molecule has 1 fully saturated rings. The van der Waals surface area contributed by atoms with Crippen molar-refractivity contribution in [3.63, 3.8) is 0 Å². The number of piperazine rings is 1. The van der Waals surface area contributed by atoms with Crippen LogP contribution in [0.2, 0.25) is 5.02 Å². The molecule has 1 aromatic carbocycles. The molecule has 1 heterocycles. The molecule has 1 aliphatic rings. The summed E-state index contributed by atoms with van der Waals surface area (Å²) in [5.74, 6) is -0.225. The van der Waals surface area contributed by atoms with Gasteiger partial charge >= 0.3 is 0 Å². The summed E-state index contributed by atoms with van der Waals surface area (Å²) in [4.78, 5) is 16.8.